The molecule has 2 aliphatic rings. The van der Waals surface area contributed by atoms with Crippen molar-refractivity contribution in [1.82, 2.24) is 0 Å². The summed E-state index contributed by atoms with van der Waals surface area (Å²) in [5.41, 5.74) is 9.78. The van der Waals surface area contributed by atoms with Gasteiger partial charge in [0.1, 0.15) is 0 Å². The van der Waals surface area contributed by atoms with E-state index >= 15 is 0 Å². The fraction of sp³-hybridized carbons (Fsp3) is 0.385. The lowest BCUT2D eigenvalue weighted by atomic mass is 9.99. The van der Waals surface area contributed by atoms with Crippen LogP contribution in [-0.2, 0) is 6.42 Å². The summed E-state index contributed by atoms with van der Waals surface area (Å²) < 4.78 is 0. The van der Waals surface area contributed by atoms with Crippen molar-refractivity contribution in [3.05, 3.63) is 34.5 Å². The van der Waals surface area contributed by atoms with E-state index in [1.165, 1.54) is 12.8 Å². The van der Waals surface area contributed by atoms with Gasteiger partial charge in [-0.3, -0.25) is 0 Å². The molecule has 1 aromatic rings. The van der Waals surface area contributed by atoms with E-state index in [2.05, 4.69) is 11.1 Å². The molecule has 4 heteroatoms. The van der Waals surface area contributed by atoms with Gasteiger partial charge in [0, 0.05) is 17.9 Å². The molecular weight excluding hydrogens is 236 g/mol. The summed E-state index contributed by atoms with van der Waals surface area (Å²) >= 11 is 6.08. The highest BCUT2D eigenvalue weighted by Crippen LogP contribution is 2.40. The molecule has 3 N–H and O–H groups in total. The minimum Gasteiger partial charge on any atom is -0.398 e. The number of fused-ring (bicyclic) bond motifs is 1. The maximum absolute atomic E-state index is 9.31. The molecule has 1 saturated carbocycles. The highest BCUT2D eigenvalue weighted by atomic mass is 35.5. The molecule has 1 heterocycles. The third-order valence-corrected chi connectivity index (χ3v) is 3.69. The quantitative estimate of drug-likeness (QED) is 0.792. The Morgan fingerprint density at radius 2 is 2.18 bits per heavy atom. The number of aliphatic hydroxyl groups excluding tert-OH is 1. The first-order valence-electron chi connectivity index (χ1n) is 5.85. The van der Waals surface area contributed by atoms with Gasteiger partial charge in [0.2, 0.25) is 0 Å². The Morgan fingerprint density at radius 1 is 1.41 bits per heavy atom. The zero-order valence-corrected chi connectivity index (χ0v) is 10.2. The van der Waals surface area contributed by atoms with E-state index in [-0.39, 0.29) is 6.61 Å². The van der Waals surface area contributed by atoms with Crippen LogP contribution in [0.25, 0.3) is 0 Å². The molecule has 0 spiro atoms. The van der Waals surface area contributed by atoms with Gasteiger partial charge < -0.3 is 15.7 Å². The number of aliphatic hydroxyl groups is 1. The Balaban J connectivity index is 2.07. The molecule has 0 aromatic heterocycles. The minimum atomic E-state index is 0.102. The van der Waals surface area contributed by atoms with Crippen LogP contribution in [0.15, 0.2) is 23.9 Å². The van der Waals surface area contributed by atoms with Crippen LogP contribution < -0.4 is 10.6 Å². The molecule has 1 fully saturated rings. The molecule has 0 unspecified atom stereocenters. The second-order valence-corrected chi connectivity index (χ2v) is 5.17. The van der Waals surface area contributed by atoms with E-state index in [0.29, 0.717) is 16.8 Å². The van der Waals surface area contributed by atoms with Crippen LogP contribution in [-0.4, -0.2) is 17.8 Å². The molecule has 1 aliphatic heterocycles. The Labute approximate surface area is 105 Å². The maximum atomic E-state index is 9.31. The van der Waals surface area contributed by atoms with Crippen molar-refractivity contribution < 1.29 is 5.11 Å². The molecule has 0 bridgehead atoms. The summed E-state index contributed by atoms with van der Waals surface area (Å²) in [6.45, 7) is 0.102. The van der Waals surface area contributed by atoms with E-state index < -0.39 is 0 Å². The summed E-state index contributed by atoms with van der Waals surface area (Å²) in [4.78, 5) is 2.23. The summed E-state index contributed by atoms with van der Waals surface area (Å²) in [7, 11) is 0. The molecule has 1 aliphatic carbocycles. The van der Waals surface area contributed by atoms with Gasteiger partial charge in [-0.1, -0.05) is 11.6 Å². The molecule has 3 rings (SSSR count). The average Bonchev–Trinajstić information content (AvgIpc) is 3.13. The lowest BCUT2D eigenvalue weighted by molar-refractivity contribution is 0.327. The summed E-state index contributed by atoms with van der Waals surface area (Å²) in [5.74, 6) is 0. The van der Waals surface area contributed by atoms with Gasteiger partial charge in [-0.05, 0) is 42.5 Å². The van der Waals surface area contributed by atoms with Gasteiger partial charge in [0.25, 0.3) is 0 Å². The smallest absolute Gasteiger partial charge is 0.0662 e. The number of nitrogen functional groups attached to an aromatic ring is 1. The van der Waals surface area contributed by atoms with Crippen LogP contribution in [0.5, 0.6) is 0 Å². The van der Waals surface area contributed by atoms with Gasteiger partial charge in [-0.25, -0.2) is 0 Å². The van der Waals surface area contributed by atoms with Gasteiger partial charge in [-0.2, -0.15) is 0 Å². The number of benzene rings is 1. The topological polar surface area (TPSA) is 49.5 Å². The maximum Gasteiger partial charge on any atom is 0.0662 e. The molecule has 0 radical (unpaired) electrons. The van der Waals surface area contributed by atoms with Gasteiger partial charge in [-0.15, -0.1) is 0 Å². The first-order valence-corrected chi connectivity index (χ1v) is 6.23. The molecule has 0 amide bonds. The number of nitrogens with two attached hydrogens (primary N) is 1. The van der Waals surface area contributed by atoms with Crippen molar-refractivity contribution >= 4 is 23.0 Å². The van der Waals surface area contributed by atoms with Crippen LogP contribution in [0.4, 0.5) is 11.4 Å². The fourth-order valence-electron chi connectivity index (χ4n) is 2.32. The number of anilines is 2. The third kappa shape index (κ3) is 1.90. The van der Waals surface area contributed by atoms with Crippen molar-refractivity contribution in [1.29, 1.82) is 0 Å². The van der Waals surface area contributed by atoms with Crippen molar-refractivity contribution in [3.63, 3.8) is 0 Å². The lowest BCUT2D eigenvalue weighted by Crippen LogP contribution is -2.25. The molecule has 1 aromatic carbocycles. The highest BCUT2D eigenvalue weighted by Gasteiger charge is 2.32. The van der Waals surface area contributed by atoms with Crippen LogP contribution in [0.3, 0.4) is 0 Å². The lowest BCUT2D eigenvalue weighted by Gasteiger charge is -2.29. The minimum absolute atomic E-state index is 0.102. The normalized spacial score (nSPS) is 18.9. The Bertz CT molecular complexity index is 494. The van der Waals surface area contributed by atoms with Crippen LogP contribution in [0.1, 0.15) is 18.4 Å². The molecular formula is C13H15ClN2O. The number of hydrogen-bond donors (Lipinski definition) is 2. The Kier molecular flexibility index (Phi) is 2.53. The Hall–Kier alpha value is -1.19. The monoisotopic (exact) mass is 250 g/mol. The molecule has 0 saturated heterocycles. The van der Waals surface area contributed by atoms with Crippen LogP contribution in [0.2, 0.25) is 5.02 Å². The first kappa shape index (κ1) is 10.9. The SMILES string of the molecule is Nc1cc2c(cc1Cl)N(C1CC1)C=C(CO)C2. The standard InChI is InChI=1S/C13H15ClN2O/c14-11-5-13-9(4-12(11)15)3-8(7-17)6-16(13)10-1-2-10/h4-6,10,17H,1-3,7,15H2. The van der Waals surface area contributed by atoms with Crippen molar-refractivity contribution in [3.8, 4) is 0 Å². The van der Waals surface area contributed by atoms with E-state index in [4.69, 9.17) is 17.3 Å². The summed E-state index contributed by atoms with van der Waals surface area (Å²) in [6, 6.07) is 4.43. The van der Waals surface area contributed by atoms with Gasteiger partial charge in [0.15, 0.2) is 0 Å². The van der Waals surface area contributed by atoms with Crippen LogP contribution >= 0.6 is 11.6 Å². The predicted molar refractivity (Wildman–Crippen MR) is 70.2 cm³/mol. The van der Waals surface area contributed by atoms with E-state index in [9.17, 15) is 5.11 Å². The van der Waals surface area contributed by atoms with Crippen LogP contribution in [0, 0.1) is 0 Å². The third-order valence-electron chi connectivity index (χ3n) is 3.36. The number of hydrogen-bond acceptors (Lipinski definition) is 3. The summed E-state index contributed by atoms with van der Waals surface area (Å²) in [5, 5.41) is 9.91. The average molecular weight is 251 g/mol. The zero-order valence-electron chi connectivity index (χ0n) is 9.49. The summed E-state index contributed by atoms with van der Waals surface area (Å²) in [6.07, 6.45) is 5.23. The molecule has 17 heavy (non-hydrogen) atoms. The van der Waals surface area contributed by atoms with Crippen molar-refractivity contribution in [2.75, 3.05) is 17.2 Å². The second kappa shape index (κ2) is 3.93. The highest BCUT2D eigenvalue weighted by molar-refractivity contribution is 6.33. The van der Waals surface area contributed by atoms with Gasteiger partial charge in [0.05, 0.1) is 17.3 Å². The zero-order chi connectivity index (χ0) is 12.0. The number of nitrogens with zero attached hydrogens (tertiary/aromatic N) is 1. The number of rotatable bonds is 2. The first-order chi connectivity index (χ1) is 8.19. The fourth-order valence-corrected chi connectivity index (χ4v) is 2.47. The largest absolute Gasteiger partial charge is 0.398 e. The molecule has 90 valence electrons. The number of halogens is 1. The molecule has 0 atom stereocenters. The molecule has 3 nitrogen and oxygen atoms in total. The van der Waals surface area contributed by atoms with Crippen molar-refractivity contribution in [2.24, 2.45) is 0 Å². The van der Waals surface area contributed by atoms with E-state index in [1.807, 2.05) is 12.1 Å². The second-order valence-electron chi connectivity index (χ2n) is 4.76. The van der Waals surface area contributed by atoms with E-state index in [1.54, 1.807) is 0 Å². The van der Waals surface area contributed by atoms with Gasteiger partial charge >= 0.3 is 0 Å². The van der Waals surface area contributed by atoms with Crippen molar-refractivity contribution in [2.45, 2.75) is 25.3 Å². The van der Waals surface area contributed by atoms with E-state index in [0.717, 1.165) is 23.2 Å². The predicted octanol–water partition coefficient (Wildman–Crippen LogP) is 2.32. The Morgan fingerprint density at radius 3 is 2.82 bits per heavy atom.